The predicted molar refractivity (Wildman–Crippen MR) is 46.1 cm³/mol. The first kappa shape index (κ1) is 7.82. The standard InChI is InChI=1S/C6H9ClN2S/c1-3-9(2)6-8-5(7)4-10-6/h4H,3H2,1-2H3. The quantitative estimate of drug-likeness (QED) is 0.687. The van der Waals surface area contributed by atoms with Gasteiger partial charge in [0.05, 0.1) is 0 Å². The second-order valence-corrected chi connectivity index (χ2v) is 3.19. The molecule has 1 aromatic rings. The second kappa shape index (κ2) is 3.21. The number of hydrogen-bond donors (Lipinski definition) is 0. The van der Waals surface area contributed by atoms with Crippen LogP contribution in [0.15, 0.2) is 5.38 Å². The van der Waals surface area contributed by atoms with Crippen LogP contribution >= 0.6 is 22.9 Å². The molecule has 0 unspecified atom stereocenters. The van der Waals surface area contributed by atoms with Gasteiger partial charge in [-0.15, -0.1) is 11.3 Å². The lowest BCUT2D eigenvalue weighted by Gasteiger charge is -2.10. The monoisotopic (exact) mass is 176 g/mol. The van der Waals surface area contributed by atoms with Gasteiger partial charge in [-0.2, -0.15) is 0 Å². The number of halogens is 1. The van der Waals surface area contributed by atoms with Crippen LogP contribution in [0.3, 0.4) is 0 Å². The predicted octanol–water partition coefficient (Wildman–Crippen LogP) is 2.25. The minimum Gasteiger partial charge on any atom is -0.351 e. The third-order valence-electron chi connectivity index (χ3n) is 1.26. The summed E-state index contributed by atoms with van der Waals surface area (Å²) in [6, 6.07) is 0. The zero-order valence-corrected chi connectivity index (χ0v) is 7.54. The summed E-state index contributed by atoms with van der Waals surface area (Å²) in [5.41, 5.74) is 0. The number of aromatic nitrogens is 1. The third kappa shape index (κ3) is 1.61. The van der Waals surface area contributed by atoms with Gasteiger partial charge in [0.15, 0.2) is 5.13 Å². The molecule has 0 radical (unpaired) electrons. The zero-order valence-electron chi connectivity index (χ0n) is 5.97. The van der Waals surface area contributed by atoms with Gasteiger partial charge in [0.25, 0.3) is 0 Å². The van der Waals surface area contributed by atoms with Crippen molar-refractivity contribution < 1.29 is 0 Å². The smallest absolute Gasteiger partial charge is 0.186 e. The average Bonchev–Trinajstić information content (AvgIpc) is 2.34. The molecule has 0 fully saturated rings. The molecule has 0 saturated heterocycles. The van der Waals surface area contributed by atoms with E-state index in [4.69, 9.17) is 11.6 Å². The Kier molecular flexibility index (Phi) is 2.51. The molecule has 0 aliphatic rings. The van der Waals surface area contributed by atoms with Crippen LogP contribution in [0.4, 0.5) is 5.13 Å². The second-order valence-electron chi connectivity index (χ2n) is 1.97. The molecule has 0 aliphatic heterocycles. The fourth-order valence-corrected chi connectivity index (χ4v) is 1.54. The van der Waals surface area contributed by atoms with E-state index in [1.165, 1.54) is 0 Å². The Morgan fingerprint density at radius 3 is 2.90 bits per heavy atom. The van der Waals surface area contributed by atoms with Gasteiger partial charge in [0, 0.05) is 19.0 Å². The number of thiazole rings is 1. The highest BCUT2D eigenvalue weighted by molar-refractivity contribution is 7.14. The van der Waals surface area contributed by atoms with Crippen molar-refractivity contribution >= 4 is 28.1 Å². The molecule has 4 heteroatoms. The molecular formula is C6H9ClN2S. The minimum atomic E-state index is 0.584. The van der Waals surface area contributed by atoms with Gasteiger partial charge in [-0.05, 0) is 6.92 Å². The van der Waals surface area contributed by atoms with E-state index < -0.39 is 0 Å². The zero-order chi connectivity index (χ0) is 7.56. The van der Waals surface area contributed by atoms with Gasteiger partial charge in [-0.25, -0.2) is 4.98 Å². The summed E-state index contributed by atoms with van der Waals surface area (Å²) in [7, 11) is 2.00. The van der Waals surface area contributed by atoms with Crippen LogP contribution in [0.5, 0.6) is 0 Å². The van der Waals surface area contributed by atoms with Crippen LogP contribution in [0.25, 0.3) is 0 Å². The molecule has 0 saturated carbocycles. The Morgan fingerprint density at radius 2 is 2.50 bits per heavy atom. The van der Waals surface area contributed by atoms with Gasteiger partial charge in [-0.3, -0.25) is 0 Å². The largest absolute Gasteiger partial charge is 0.351 e. The summed E-state index contributed by atoms with van der Waals surface area (Å²) in [4.78, 5) is 6.14. The van der Waals surface area contributed by atoms with Gasteiger partial charge < -0.3 is 4.90 Å². The molecular weight excluding hydrogens is 168 g/mol. The molecule has 1 rings (SSSR count). The topological polar surface area (TPSA) is 16.1 Å². The van der Waals surface area contributed by atoms with Gasteiger partial charge >= 0.3 is 0 Å². The van der Waals surface area contributed by atoms with E-state index in [9.17, 15) is 0 Å². The maximum absolute atomic E-state index is 5.63. The first-order valence-corrected chi connectivity index (χ1v) is 4.32. The van der Waals surface area contributed by atoms with Crippen molar-refractivity contribution in [3.8, 4) is 0 Å². The van der Waals surface area contributed by atoms with Crippen LogP contribution < -0.4 is 4.90 Å². The van der Waals surface area contributed by atoms with E-state index in [2.05, 4.69) is 16.8 Å². The van der Waals surface area contributed by atoms with Crippen LogP contribution in [-0.4, -0.2) is 18.6 Å². The van der Waals surface area contributed by atoms with E-state index in [1.807, 2.05) is 12.4 Å². The summed E-state index contributed by atoms with van der Waals surface area (Å²) in [6.45, 7) is 3.04. The van der Waals surface area contributed by atoms with E-state index in [-0.39, 0.29) is 0 Å². The fraction of sp³-hybridized carbons (Fsp3) is 0.500. The van der Waals surface area contributed by atoms with Gasteiger partial charge in [-0.1, -0.05) is 11.6 Å². The Morgan fingerprint density at radius 1 is 1.80 bits per heavy atom. The molecule has 56 valence electrons. The van der Waals surface area contributed by atoms with Crippen molar-refractivity contribution in [3.05, 3.63) is 10.5 Å². The Hall–Kier alpha value is -0.280. The molecule has 1 heterocycles. The lowest BCUT2D eigenvalue weighted by molar-refractivity contribution is 0.958. The third-order valence-corrected chi connectivity index (χ3v) is 2.54. The Bertz CT molecular complexity index is 211. The maximum atomic E-state index is 5.63. The van der Waals surface area contributed by atoms with E-state index in [0.29, 0.717) is 5.15 Å². The molecule has 1 aromatic heterocycles. The maximum Gasteiger partial charge on any atom is 0.186 e. The molecule has 10 heavy (non-hydrogen) atoms. The normalized spacial score (nSPS) is 9.90. The van der Waals surface area contributed by atoms with Gasteiger partial charge in [0.2, 0.25) is 0 Å². The highest BCUT2D eigenvalue weighted by atomic mass is 35.5. The molecule has 0 aliphatic carbocycles. The summed E-state index contributed by atoms with van der Waals surface area (Å²) in [5.74, 6) is 0. The molecule has 0 amide bonds. The van der Waals surface area contributed by atoms with Crippen molar-refractivity contribution in [2.24, 2.45) is 0 Å². The number of hydrogen-bond acceptors (Lipinski definition) is 3. The Balaban J connectivity index is 2.74. The van der Waals surface area contributed by atoms with Gasteiger partial charge in [0.1, 0.15) is 5.15 Å². The van der Waals surface area contributed by atoms with Crippen molar-refractivity contribution in [3.63, 3.8) is 0 Å². The molecule has 2 nitrogen and oxygen atoms in total. The van der Waals surface area contributed by atoms with Crippen molar-refractivity contribution in [2.45, 2.75) is 6.92 Å². The summed E-state index contributed by atoms with van der Waals surface area (Å²) < 4.78 is 0. The van der Waals surface area contributed by atoms with Crippen LogP contribution in [-0.2, 0) is 0 Å². The van der Waals surface area contributed by atoms with Crippen LogP contribution in [0.2, 0.25) is 5.15 Å². The first-order valence-electron chi connectivity index (χ1n) is 3.06. The minimum absolute atomic E-state index is 0.584. The molecule has 0 spiro atoms. The highest BCUT2D eigenvalue weighted by Crippen LogP contribution is 2.21. The van der Waals surface area contributed by atoms with Crippen molar-refractivity contribution in [1.29, 1.82) is 0 Å². The molecule has 0 bridgehead atoms. The average molecular weight is 177 g/mol. The molecule has 0 atom stereocenters. The fourth-order valence-electron chi connectivity index (χ4n) is 0.556. The molecule has 0 aromatic carbocycles. The summed E-state index contributed by atoms with van der Waals surface area (Å²) in [5, 5.41) is 3.40. The lowest BCUT2D eigenvalue weighted by Crippen LogP contribution is -2.14. The number of anilines is 1. The van der Waals surface area contributed by atoms with Crippen molar-refractivity contribution in [2.75, 3.05) is 18.5 Å². The highest BCUT2D eigenvalue weighted by Gasteiger charge is 2.01. The van der Waals surface area contributed by atoms with Crippen LogP contribution in [0, 0.1) is 0 Å². The first-order chi connectivity index (χ1) is 4.74. The SMILES string of the molecule is CCN(C)c1nc(Cl)cs1. The Labute approximate surface area is 69.4 Å². The summed E-state index contributed by atoms with van der Waals surface area (Å²) in [6.07, 6.45) is 0. The summed E-state index contributed by atoms with van der Waals surface area (Å²) >= 11 is 7.20. The van der Waals surface area contributed by atoms with E-state index >= 15 is 0 Å². The van der Waals surface area contributed by atoms with E-state index in [0.717, 1.165) is 11.7 Å². The number of rotatable bonds is 2. The molecule has 0 N–H and O–H groups in total. The number of nitrogens with zero attached hydrogens (tertiary/aromatic N) is 2. The lowest BCUT2D eigenvalue weighted by atomic mass is 10.7. The van der Waals surface area contributed by atoms with Crippen molar-refractivity contribution in [1.82, 2.24) is 4.98 Å². The van der Waals surface area contributed by atoms with Crippen LogP contribution in [0.1, 0.15) is 6.92 Å². The van der Waals surface area contributed by atoms with E-state index in [1.54, 1.807) is 11.3 Å².